The van der Waals surface area contributed by atoms with E-state index in [9.17, 15) is 14.0 Å². The van der Waals surface area contributed by atoms with E-state index in [1.54, 1.807) is 47.4 Å². The number of nitrogens with zero attached hydrogens (tertiary/aromatic N) is 1. The molecular weight excluding hydrogens is 429 g/mol. The molecule has 1 aliphatic rings. The van der Waals surface area contributed by atoms with Crippen molar-refractivity contribution in [2.75, 3.05) is 11.1 Å². The van der Waals surface area contributed by atoms with Crippen molar-refractivity contribution in [3.63, 3.8) is 0 Å². The third kappa shape index (κ3) is 4.13. The lowest BCUT2D eigenvalue weighted by molar-refractivity contribution is 0.0766. The SMILES string of the molecule is Nc1ccccc1NC(=O)c1ccc(CN2Cc3c(cccc3-c3ccc(F)cc3)C2=O)cc1. The summed E-state index contributed by atoms with van der Waals surface area (Å²) < 4.78 is 13.4. The molecule has 0 unspecified atom stereocenters. The Bertz CT molecular complexity index is 1380. The number of amides is 2. The van der Waals surface area contributed by atoms with Crippen LogP contribution in [-0.4, -0.2) is 16.7 Å². The molecule has 1 heterocycles. The third-order valence-electron chi connectivity index (χ3n) is 6.00. The number of rotatable bonds is 5. The number of nitrogen functional groups attached to an aromatic ring is 1. The van der Waals surface area contributed by atoms with Crippen molar-refractivity contribution < 1.29 is 14.0 Å². The molecular formula is C28H22FN3O2. The van der Waals surface area contributed by atoms with E-state index in [4.69, 9.17) is 5.73 Å². The largest absolute Gasteiger partial charge is 0.397 e. The van der Waals surface area contributed by atoms with Gasteiger partial charge in [-0.05, 0) is 64.7 Å². The zero-order valence-electron chi connectivity index (χ0n) is 18.3. The highest BCUT2D eigenvalue weighted by Crippen LogP contribution is 2.33. The number of benzene rings is 4. The maximum atomic E-state index is 13.4. The minimum Gasteiger partial charge on any atom is -0.397 e. The Hall–Kier alpha value is -4.45. The van der Waals surface area contributed by atoms with Crippen molar-refractivity contribution in [2.45, 2.75) is 13.1 Å². The first kappa shape index (κ1) is 21.4. The van der Waals surface area contributed by atoms with Crippen LogP contribution in [0.25, 0.3) is 11.1 Å². The second kappa shape index (κ2) is 8.83. The smallest absolute Gasteiger partial charge is 0.255 e. The molecule has 5 rings (SSSR count). The van der Waals surface area contributed by atoms with Gasteiger partial charge in [-0.2, -0.15) is 0 Å². The van der Waals surface area contributed by atoms with E-state index in [0.717, 1.165) is 22.3 Å². The molecule has 0 bridgehead atoms. The molecule has 4 aromatic rings. The number of carbonyl (C=O) groups is 2. The van der Waals surface area contributed by atoms with Gasteiger partial charge in [-0.15, -0.1) is 0 Å². The first-order valence-electron chi connectivity index (χ1n) is 10.9. The topological polar surface area (TPSA) is 75.4 Å². The lowest BCUT2D eigenvalue weighted by Crippen LogP contribution is -2.23. The maximum absolute atomic E-state index is 13.4. The van der Waals surface area contributed by atoms with Gasteiger partial charge in [-0.25, -0.2) is 4.39 Å². The van der Waals surface area contributed by atoms with Crippen LogP contribution in [-0.2, 0) is 13.1 Å². The van der Waals surface area contributed by atoms with Crippen molar-refractivity contribution in [1.82, 2.24) is 4.90 Å². The predicted molar refractivity (Wildman–Crippen MR) is 131 cm³/mol. The predicted octanol–water partition coefficient (Wildman–Crippen LogP) is 5.48. The zero-order valence-corrected chi connectivity index (χ0v) is 18.3. The van der Waals surface area contributed by atoms with Crippen molar-refractivity contribution >= 4 is 23.2 Å². The van der Waals surface area contributed by atoms with Crippen LogP contribution >= 0.6 is 0 Å². The number of hydrogen-bond donors (Lipinski definition) is 2. The summed E-state index contributed by atoms with van der Waals surface area (Å²) in [6.07, 6.45) is 0. The molecule has 3 N–H and O–H groups in total. The van der Waals surface area contributed by atoms with Crippen LogP contribution in [0.2, 0.25) is 0 Å². The Morgan fingerprint density at radius 2 is 1.59 bits per heavy atom. The molecule has 5 nitrogen and oxygen atoms in total. The fourth-order valence-corrected chi connectivity index (χ4v) is 4.21. The van der Waals surface area contributed by atoms with Gasteiger partial charge >= 0.3 is 0 Å². The van der Waals surface area contributed by atoms with Crippen LogP contribution in [0.5, 0.6) is 0 Å². The number of nitrogens with one attached hydrogen (secondary N) is 1. The summed E-state index contributed by atoms with van der Waals surface area (Å²) in [4.78, 5) is 27.4. The number of nitrogens with two attached hydrogens (primary N) is 1. The van der Waals surface area contributed by atoms with Crippen LogP contribution in [0.1, 0.15) is 31.8 Å². The van der Waals surface area contributed by atoms with E-state index in [-0.39, 0.29) is 17.6 Å². The Labute approximate surface area is 196 Å². The molecule has 0 spiro atoms. The van der Waals surface area contributed by atoms with Crippen LogP contribution in [0.4, 0.5) is 15.8 Å². The summed E-state index contributed by atoms with van der Waals surface area (Å²) in [5.74, 6) is -0.586. The highest BCUT2D eigenvalue weighted by molar-refractivity contribution is 6.05. The summed E-state index contributed by atoms with van der Waals surface area (Å²) in [5, 5.41) is 2.81. The summed E-state index contributed by atoms with van der Waals surface area (Å²) in [7, 11) is 0. The average molecular weight is 452 g/mol. The van der Waals surface area contributed by atoms with Gasteiger partial charge < -0.3 is 16.0 Å². The zero-order chi connectivity index (χ0) is 23.7. The van der Waals surface area contributed by atoms with Gasteiger partial charge in [0.25, 0.3) is 11.8 Å². The molecule has 0 aliphatic carbocycles. The second-order valence-corrected chi connectivity index (χ2v) is 8.24. The summed E-state index contributed by atoms with van der Waals surface area (Å²) in [5.41, 5.74) is 11.8. The number of hydrogen-bond acceptors (Lipinski definition) is 3. The van der Waals surface area contributed by atoms with E-state index in [2.05, 4.69) is 5.32 Å². The lowest BCUT2D eigenvalue weighted by Gasteiger charge is -2.16. The first-order valence-corrected chi connectivity index (χ1v) is 10.9. The van der Waals surface area contributed by atoms with E-state index >= 15 is 0 Å². The summed E-state index contributed by atoms with van der Waals surface area (Å²) in [6, 6.07) is 26.2. The van der Waals surface area contributed by atoms with Gasteiger partial charge in [-0.3, -0.25) is 9.59 Å². The number of carbonyl (C=O) groups excluding carboxylic acids is 2. The number of anilines is 2. The van der Waals surface area contributed by atoms with Crippen LogP contribution in [0, 0.1) is 5.82 Å². The number of halogens is 1. The quantitative estimate of drug-likeness (QED) is 0.395. The van der Waals surface area contributed by atoms with Crippen LogP contribution in [0.3, 0.4) is 0 Å². The fourth-order valence-electron chi connectivity index (χ4n) is 4.21. The highest BCUT2D eigenvalue weighted by Gasteiger charge is 2.29. The number of para-hydroxylation sites is 2. The molecule has 0 saturated heterocycles. The molecule has 0 fully saturated rings. The van der Waals surface area contributed by atoms with Crippen molar-refractivity contribution in [3.8, 4) is 11.1 Å². The normalized spacial score (nSPS) is 12.5. The molecule has 34 heavy (non-hydrogen) atoms. The van der Waals surface area contributed by atoms with Crippen LogP contribution < -0.4 is 11.1 Å². The van der Waals surface area contributed by atoms with Gasteiger partial charge in [-0.1, -0.05) is 48.5 Å². The van der Waals surface area contributed by atoms with Gasteiger partial charge in [0, 0.05) is 24.2 Å². The molecule has 168 valence electrons. The van der Waals surface area contributed by atoms with Crippen molar-refractivity contribution in [3.05, 3.63) is 119 Å². The van der Waals surface area contributed by atoms with Crippen molar-refractivity contribution in [2.24, 2.45) is 0 Å². The van der Waals surface area contributed by atoms with Gasteiger partial charge in [0.2, 0.25) is 0 Å². The van der Waals surface area contributed by atoms with E-state index in [1.165, 1.54) is 12.1 Å². The molecule has 2 amide bonds. The Morgan fingerprint density at radius 1 is 0.882 bits per heavy atom. The molecule has 0 atom stereocenters. The van der Waals surface area contributed by atoms with Gasteiger partial charge in [0.15, 0.2) is 0 Å². The number of fused-ring (bicyclic) bond motifs is 1. The van der Waals surface area contributed by atoms with E-state index in [1.807, 2.05) is 36.4 Å². The summed E-state index contributed by atoms with van der Waals surface area (Å²) >= 11 is 0. The van der Waals surface area contributed by atoms with Crippen LogP contribution in [0.15, 0.2) is 91.0 Å². The lowest BCUT2D eigenvalue weighted by atomic mass is 9.97. The molecule has 0 radical (unpaired) electrons. The third-order valence-corrected chi connectivity index (χ3v) is 6.00. The first-order chi connectivity index (χ1) is 16.5. The standard InChI is InChI=1S/C28H22FN3O2/c29-21-14-12-19(13-15-21)22-4-3-5-23-24(22)17-32(28(23)34)16-18-8-10-20(11-9-18)27(33)31-26-7-2-1-6-25(26)30/h1-15H,16-17,30H2,(H,31,33). The minimum atomic E-state index is -0.293. The Kier molecular flexibility index (Phi) is 5.55. The molecule has 0 saturated carbocycles. The average Bonchev–Trinajstić information content (AvgIpc) is 3.17. The minimum absolute atomic E-state index is 0.0414. The molecule has 6 heteroatoms. The Morgan fingerprint density at radius 3 is 2.32 bits per heavy atom. The van der Waals surface area contributed by atoms with E-state index < -0.39 is 0 Å². The summed E-state index contributed by atoms with van der Waals surface area (Å²) in [6.45, 7) is 0.890. The maximum Gasteiger partial charge on any atom is 0.255 e. The highest BCUT2D eigenvalue weighted by atomic mass is 19.1. The Balaban J connectivity index is 1.30. The molecule has 0 aromatic heterocycles. The second-order valence-electron chi connectivity index (χ2n) is 8.24. The fraction of sp³-hybridized carbons (Fsp3) is 0.0714. The van der Waals surface area contributed by atoms with Gasteiger partial charge in [0.1, 0.15) is 5.82 Å². The molecule has 4 aromatic carbocycles. The van der Waals surface area contributed by atoms with E-state index in [0.29, 0.717) is 35.6 Å². The van der Waals surface area contributed by atoms with Crippen molar-refractivity contribution in [1.29, 1.82) is 0 Å². The van der Waals surface area contributed by atoms with Gasteiger partial charge in [0.05, 0.1) is 11.4 Å². The molecule has 1 aliphatic heterocycles. The monoisotopic (exact) mass is 451 g/mol.